The Morgan fingerprint density at radius 2 is 1.73 bits per heavy atom. The van der Waals surface area contributed by atoms with Crippen LogP contribution in [0, 0.1) is 0 Å². The molecule has 1 heterocycles. The average Bonchev–Trinajstić information content (AvgIpc) is 2.66. The van der Waals surface area contributed by atoms with Gasteiger partial charge in [0.15, 0.2) is 0 Å². The molecule has 0 unspecified atom stereocenters. The van der Waals surface area contributed by atoms with Crippen LogP contribution in [0.1, 0.15) is 22.8 Å². The molecule has 3 rings (SSSR count). The maximum absolute atomic E-state index is 12.5. The van der Waals surface area contributed by atoms with E-state index in [1.807, 2.05) is 37.3 Å². The molecule has 0 atom stereocenters. The number of benzene rings is 2. The monoisotopic (exact) mass is 348 g/mol. The van der Waals surface area contributed by atoms with Crippen LogP contribution in [0.4, 0.5) is 5.69 Å². The van der Waals surface area contributed by atoms with Gasteiger partial charge in [0.1, 0.15) is 5.75 Å². The third kappa shape index (κ3) is 4.39. The Bertz CT molecular complexity index is 931. The van der Waals surface area contributed by atoms with Gasteiger partial charge in [-0.1, -0.05) is 30.3 Å². The van der Waals surface area contributed by atoms with Crippen LogP contribution >= 0.6 is 0 Å². The molecule has 1 N–H and O–H groups in total. The minimum Gasteiger partial charge on any atom is -0.494 e. The SMILES string of the molecule is CCOc1ccc(NC(=O)c2ccc(=O)n(Cc3ccccc3)c2)cc1. The summed E-state index contributed by atoms with van der Waals surface area (Å²) in [6.45, 7) is 2.93. The Morgan fingerprint density at radius 1 is 1.00 bits per heavy atom. The van der Waals surface area contributed by atoms with Crippen molar-refractivity contribution < 1.29 is 9.53 Å². The molecular formula is C21H20N2O3. The second kappa shape index (κ2) is 8.16. The molecule has 0 spiro atoms. The summed E-state index contributed by atoms with van der Waals surface area (Å²) in [5, 5.41) is 2.83. The zero-order valence-electron chi connectivity index (χ0n) is 14.5. The molecule has 0 aliphatic carbocycles. The smallest absolute Gasteiger partial charge is 0.257 e. The number of pyridine rings is 1. The third-order valence-corrected chi connectivity index (χ3v) is 3.86. The molecule has 3 aromatic rings. The van der Waals surface area contributed by atoms with Gasteiger partial charge < -0.3 is 14.6 Å². The third-order valence-electron chi connectivity index (χ3n) is 3.86. The molecule has 5 nitrogen and oxygen atoms in total. The summed E-state index contributed by atoms with van der Waals surface area (Å²) in [6, 6.07) is 19.8. The standard InChI is InChI=1S/C21H20N2O3/c1-2-26-19-11-9-18(10-12-19)22-21(25)17-8-13-20(24)23(15-17)14-16-6-4-3-5-7-16/h3-13,15H,2,14H2,1H3,(H,22,25). The fourth-order valence-electron chi connectivity index (χ4n) is 2.57. The van der Waals surface area contributed by atoms with Gasteiger partial charge in [0.25, 0.3) is 11.5 Å². The molecule has 0 saturated carbocycles. The van der Waals surface area contributed by atoms with Gasteiger partial charge in [-0.3, -0.25) is 9.59 Å². The molecule has 0 aliphatic rings. The van der Waals surface area contributed by atoms with E-state index in [1.165, 1.54) is 16.7 Å². The van der Waals surface area contributed by atoms with Gasteiger partial charge in [0, 0.05) is 18.0 Å². The second-order valence-electron chi connectivity index (χ2n) is 5.78. The highest BCUT2D eigenvalue weighted by Gasteiger charge is 2.09. The van der Waals surface area contributed by atoms with Gasteiger partial charge >= 0.3 is 0 Å². The maximum Gasteiger partial charge on any atom is 0.257 e. The molecule has 26 heavy (non-hydrogen) atoms. The highest BCUT2D eigenvalue weighted by atomic mass is 16.5. The van der Waals surface area contributed by atoms with E-state index in [4.69, 9.17) is 4.74 Å². The molecule has 0 bridgehead atoms. The van der Waals surface area contributed by atoms with Crippen LogP contribution in [-0.4, -0.2) is 17.1 Å². The number of rotatable bonds is 6. The van der Waals surface area contributed by atoms with Crippen molar-refractivity contribution in [1.29, 1.82) is 0 Å². The van der Waals surface area contributed by atoms with Crippen LogP contribution < -0.4 is 15.6 Å². The molecule has 132 valence electrons. The van der Waals surface area contributed by atoms with E-state index < -0.39 is 0 Å². The number of carbonyl (C=O) groups is 1. The number of aromatic nitrogens is 1. The molecule has 0 aliphatic heterocycles. The maximum atomic E-state index is 12.5. The molecule has 1 aromatic heterocycles. The van der Waals surface area contributed by atoms with Crippen molar-refractivity contribution in [2.75, 3.05) is 11.9 Å². The van der Waals surface area contributed by atoms with E-state index in [1.54, 1.807) is 30.5 Å². The van der Waals surface area contributed by atoms with Gasteiger partial charge in [-0.15, -0.1) is 0 Å². The Kier molecular flexibility index (Phi) is 5.49. The molecule has 0 fully saturated rings. The topological polar surface area (TPSA) is 60.3 Å². The summed E-state index contributed by atoms with van der Waals surface area (Å²) in [7, 11) is 0. The van der Waals surface area contributed by atoms with Crippen molar-refractivity contribution in [3.63, 3.8) is 0 Å². The fourth-order valence-corrected chi connectivity index (χ4v) is 2.57. The first-order valence-corrected chi connectivity index (χ1v) is 8.44. The summed E-state index contributed by atoms with van der Waals surface area (Å²) in [5.41, 5.74) is 1.94. The van der Waals surface area contributed by atoms with E-state index in [0.29, 0.717) is 24.4 Å². The minimum atomic E-state index is -0.268. The highest BCUT2D eigenvalue weighted by molar-refractivity contribution is 6.04. The second-order valence-corrected chi connectivity index (χ2v) is 5.78. The lowest BCUT2D eigenvalue weighted by Crippen LogP contribution is -2.22. The summed E-state index contributed by atoms with van der Waals surface area (Å²) < 4.78 is 6.92. The van der Waals surface area contributed by atoms with E-state index in [2.05, 4.69) is 5.32 Å². The van der Waals surface area contributed by atoms with Crippen LogP contribution in [0.15, 0.2) is 77.7 Å². The zero-order chi connectivity index (χ0) is 18.4. The average molecular weight is 348 g/mol. The largest absolute Gasteiger partial charge is 0.494 e. The molecule has 1 amide bonds. The van der Waals surface area contributed by atoms with Gasteiger partial charge in [0.05, 0.1) is 18.7 Å². The van der Waals surface area contributed by atoms with Crippen LogP contribution in [0.2, 0.25) is 0 Å². The van der Waals surface area contributed by atoms with E-state index >= 15 is 0 Å². The summed E-state index contributed by atoms with van der Waals surface area (Å²) >= 11 is 0. The normalized spacial score (nSPS) is 10.3. The van der Waals surface area contributed by atoms with E-state index in [0.717, 1.165) is 11.3 Å². The first-order valence-electron chi connectivity index (χ1n) is 8.44. The lowest BCUT2D eigenvalue weighted by Gasteiger charge is -2.10. The number of carbonyl (C=O) groups excluding carboxylic acids is 1. The Morgan fingerprint density at radius 3 is 2.42 bits per heavy atom. The predicted molar refractivity (Wildman–Crippen MR) is 102 cm³/mol. The van der Waals surface area contributed by atoms with Crippen LogP contribution in [-0.2, 0) is 6.54 Å². The Balaban J connectivity index is 1.75. The minimum absolute atomic E-state index is 0.147. The van der Waals surface area contributed by atoms with Crippen molar-refractivity contribution >= 4 is 11.6 Å². The van der Waals surface area contributed by atoms with Gasteiger partial charge in [-0.2, -0.15) is 0 Å². The van der Waals surface area contributed by atoms with Crippen molar-refractivity contribution in [3.05, 3.63) is 94.4 Å². The summed E-state index contributed by atoms with van der Waals surface area (Å²) in [6.07, 6.45) is 1.58. The molecule has 2 aromatic carbocycles. The Hall–Kier alpha value is -3.34. The number of nitrogens with one attached hydrogen (secondary N) is 1. The predicted octanol–water partition coefficient (Wildman–Crippen LogP) is 3.55. The van der Waals surface area contributed by atoms with E-state index in [9.17, 15) is 9.59 Å². The molecular weight excluding hydrogens is 328 g/mol. The summed E-state index contributed by atoms with van der Waals surface area (Å²) in [5.74, 6) is 0.484. The Labute approximate surface area is 151 Å². The quantitative estimate of drug-likeness (QED) is 0.741. The number of hydrogen-bond donors (Lipinski definition) is 1. The fraction of sp³-hybridized carbons (Fsp3) is 0.143. The van der Waals surface area contributed by atoms with Crippen LogP contribution in [0.25, 0.3) is 0 Å². The van der Waals surface area contributed by atoms with Crippen LogP contribution in [0.3, 0.4) is 0 Å². The highest BCUT2D eigenvalue weighted by Crippen LogP contribution is 2.16. The lowest BCUT2D eigenvalue weighted by molar-refractivity contribution is 0.102. The lowest BCUT2D eigenvalue weighted by atomic mass is 10.2. The number of hydrogen-bond acceptors (Lipinski definition) is 3. The first-order chi connectivity index (χ1) is 12.7. The summed E-state index contributed by atoms with van der Waals surface area (Å²) in [4.78, 5) is 24.6. The zero-order valence-corrected chi connectivity index (χ0v) is 14.5. The van der Waals surface area contributed by atoms with E-state index in [-0.39, 0.29) is 11.5 Å². The number of nitrogens with zero attached hydrogens (tertiary/aromatic N) is 1. The van der Waals surface area contributed by atoms with Crippen LogP contribution in [0.5, 0.6) is 5.75 Å². The first kappa shape index (κ1) is 17.5. The number of ether oxygens (including phenoxy) is 1. The molecule has 0 radical (unpaired) electrons. The van der Waals surface area contributed by atoms with Crippen molar-refractivity contribution in [1.82, 2.24) is 4.57 Å². The molecule has 0 saturated heterocycles. The van der Waals surface area contributed by atoms with Gasteiger partial charge in [0.2, 0.25) is 0 Å². The number of amides is 1. The van der Waals surface area contributed by atoms with Crippen molar-refractivity contribution in [2.45, 2.75) is 13.5 Å². The molecule has 5 heteroatoms. The van der Waals surface area contributed by atoms with Gasteiger partial charge in [-0.25, -0.2) is 0 Å². The van der Waals surface area contributed by atoms with Gasteiger partial charge in [-0.05, 0) is 42.8 Å². The van der Waals surface area contributed by atoms with Crippen molar-refractivity contribution in [2.24, 2.45) is 0 Å². The number of anilines is 1. The van der Waals surface area contributed by atoms with Crippen molar-refractivity contribution in [3.8, 4) is 5.75 Å².